The van der Waals surface area contributed by atoms with Crippen molar-refractivity contribution in [2.24, 2.45) is 0 Å². The van der Waals surface area contributed by atoms with Gasteiger partial charge in [0.25, 0.3) is 5.91 Å². The van der Waals surface area contributed by atoms with Crippen molar-refractivity contribution >= 4 is 5.91 Å². The van der Waals surface area contributed by atoms with Crippen LogP contribution in [-0.4, -0.2) is 17.6 Å². The van der Waals surface area contributed by atoms with Gasteiger partial charge in [0.15, 0.2) is 6.10 Å². The Morgan fingerprint density at radius 2 is 2.00 bits per heavy atom. The Balaban J connectivity index is 1.77. The van der Waals surface area contributed by atoms with Crippen molar-refractivity contribution in [3.63, 3.8) is 0 Å². The van der Waals surface area contributed by atoms with Gasteiger partial charge >= 0.3 is 0 Å². The molecule has 2 atom stereocenters. The summed E-state index contributed by atoms with van der Waals surface area (Å²) in [5, 5.41) is 3.12. The van der Waals surface area contributed by atoms with Crippen LogP contribution in [0.4, 0.5) is 4.39 Å². The van der Waals surface area contributed by atoms with Crippen LogP contribution in [0.25, 0.3) is 0 Å². The second-order valence-corrected chi connectivity index (χ2v) is 7.64. The molecule has 3 rings (SSSR count). The van der Waals surface area contributed by atoms with Crippen LogP contribution in [0.2, 0.25) is 0 Å². The van der Waals surface area contributed by atoms with Gasteiger partial charge in [-0.05, 0) is 57.5 Å². The molecule has 1 aliphatic heterocycles. The van der Waals surface area contributed by atoms with Crippen LogP contribution in [0.5, 0.6) is 11.5 Å². The van der Waals surface area contributed by atoms with Gasteiger partial charge in [0.05, 0.1) is 6.04 Å². The highest BCUT2D eigenvalue weighted by Crippen LogP contribution is 2.40. The van der Waals surface area contributed by atoms with Crippen molar-refractivity contribution < 1.29 is 18.7 Å². The number of carbonyl (C=O) groups is 1. The fraction of sp³-hybridized carbons (Fsp3) is 0.409. The molecule has 0 fully saturated rings. The van der Waals surface area contributed by atoms with E-state index < -0.39 is 6.10 Å². The third kappa shape index (κ3) is 4.59. The number of aryl methyl sites for hydroxylation is 1. The molecule has 1 N–H and O–H groups in total. The molecule has 2 aromatic carbocycles. The third-order valence-corrected chi connectivity index (χ3v) is 4.69. The Hall–Kier alpha value is -2.56. The maximum Gasteiger partial charge on any atom is 0.261 e. The molecule has 0 bridgehead atoms. The quantitative estimate of drug-likeness (QED) is 0.828. The third-order valence-electron chi connectivity index (χ3n) is 4.69. The van der Waals surface area contributed by atoms with E-state index in [1.807, 2.05) is 39.8 Å². The molecular weight excluding hydrogens is 345 g/mol. The van der Waals surface area contributed by atoms with E-state index in [0.717, 1.165) is 16.9 Å². The number of halogens is 1. The second kappa shape index (κ2) is 7.59. The Bertz CT molecular complexity index is 817. The first-order chi connectivity index (χ1) is 12.8. The molecular formula is C22H26FNO3. The van der Waals surface area contributed by atoms with Crippen LogP contribution in [0.15, 0.2) is 42.5 Å². The van der Waals surface area contributed by atoms with Gasteiger partial charge in [0, 0.05) is 12.0 Å². The summed E-state index contributed by atoms with van der Waals surface area (Å²) in [5.41, 5.74) is 1.73. The smallest absolute Gasteiger partial charge is 0.261 e. The zero-order valence-corrected chi connectivity index (χ0v) is 16.2. The van der Waals surface area contributed by atoms with Gasteiger partial charge in [0.1, 0.15) is 22.9 Å². The first kappa shape index (κ1) is 19.2. The molecule has 0 spiro atoms. The lowest BCUT2D eigenvalue weighted by Gasteiger charge is -2.38. The summed E-state index contributed by atoms with van der Waals surface area (Å²) in [4.78, 5) is 12.9. The highest BCUT2D eigenvalue weighted by Gasteiger charge is 2.35. The van der Waals surface area contributed by atoms with Crippen LogP contribution < -0.4 is 14.8 Å². The average molecular weight is 371 g/mol. The van der Waals surface area contributed by atoms with Crippen molar-refractivity contribution in [2.45, 2.75) is 58.3 Å². The largest absolute Gasteiger partial charge is 0.487 e. The van der Waals surface area contributed by atoms with E-state index in [2.05, 4.69) is 11.4 Å². The van der Waals surface area contributed by atoms with Crippen LogP contribution in [0, 0.1) is 12.7 Å². The predicted molar refractivity (Wildman–Crippen MR) is 102 cm³/mol. The first-order valence-corrected chi connectivity index (χ1v) is 9.29. The van der Waals surface area contributed by atoms with Crippen LogP contribution in [0.1, 0.15) is 50.8 Å². The standard InChI is InChI=1S/C22H26FNO3/c1-5-19(26-16-9-7-15(23)8-10-16)21(25)24-18-13-22(3,4)27-20-11-6-14(2)12-17(18)20/h6-12,18-19H,5,13H2,1-4H3,(H,24,25)/t18-,19+/m0/s1. The van der Waals surface area contributed by atoms with Crippen molar-refractivity contribution in [3.8, 4) is 11.5 Å². The molecule has 2 aromatic rings. The predicted octanol–water partition coefficient (Wildman–Crippen LogP) is 4.71. The summed E-state index contributed by atoms with van der Waals surface area (Å²) in [6, 6.07) is 11.6. The minimum Gasteiger partial charge on any atom is -0.487 e. The van der Waals surface area contributed by atoms with Gasteiger partial charge < -0.3 is 14.8 Å². The number of benzene rings is 2. The molecule has 0 aliphatic carbocycles. The fourth-order valence-corrected chi connectivity index (χ4v) is 3.37. The molecule has 0 unspecified atom stereocenters. The molecule has 0 saturated heterocycles. The fourth-order valence-electron chi connectivity index (χ4n) is 3.37. The first-order valence-electron chi connectivity index (χ1n) is 9.29. The Morgan fingerprint density at radius 3 is 2.67 bits per heavy atom. The summed E-state index contributed by atoms with van der Waals surface area (Å²) in [5.74, 6) is 0.754. The molecule has 0 radical (unpaired) electrons. The SMILES string of the molecule is CC[C@@H](Oc1ccc(F)cc1)C(=O)N[C@H]1CC(C)(C)Oc2ccc(C)cc21. The zero-order valence-electron chi connectivity index (χ0n) is 16.2. The van der Waals surface area contributed by atoms with Crippen molar-refractivity contribution in [1.29, 1.82) is 0 Å². The minimum atomic E-state index is -0.644. The van der Waals surface area contributed by atoms with E-state index in [4.69, 9.17) is 9.47 Å². The van der Waals surface area contributed by atoms with Gasteiger partial charge in [-0.3, -0.25) is 4.79 Å². The summed E-state index contributed by atoms with van der Waals surface area (Å²) in [6.07, 6.45) is 0.535. The maximum atomic E-state index is 13.1. The van der Waals surface area contributed by atoms with Gasteiger partial charge in [-0.25, -0.2) is 4.39 Å². The van der Waals surface area contributed by atoms with Crippen molar-refractivity contribution in [1.82, 2.24) is 5.32 Å². The lowest BCUT2D eigenvalue weighted by atomic mass is 9.88. The average Bonchev–Trinajstić information content (AvgIpc) is 2.61. The van der Waals surface area contributed by atoms with E-state index in [1.165, 1.54) is 24.3 Å². The summed E-state index contributed by atoms with van der Waals surface area (Å²) < 4.78 is 24.9. The minimum absolute atomic E-state index is 0.151. The van der Waals surface area contributed by atoms with E-state index in [9.17, 15) is 9.18 Å². The summed E-state index contributed by atoms with van der Waals surface area (Å²) in [7, 11) is 0. The Labute approximate surface area is 159 Å². The molecule has 27 heavy (non-hydrogen) atoms. The summed E-state index contributed by atoms with van der Waals surface area (Å²) >= 11 is 0. The van der Waals surface area contributed by atoms with Crippen LogP contribution in [0.3, 0.4) is 0 Å². The molecule has 4 nitrogen and oxygen atoms in total. The number of rotatable bonds is 5. The summed E-state index contributed by atoms with van der Waals surface area (Å²) in [6.45, 7) is 7.94. The lowest BCUT2D eigenvalue weighted by Crippen LogP contribution is -2.45. The number of carbonyl (C=O) groups excluding carboxylic acids is 1. The highest BCUT2D eigenvalue weighted by molar-refractivity contribution is 5.81. The Kier molecular flexibility index (Phi) is 5.40. The van der Waals surface area contributed by atoms with Gasteiger partial charge in [0.2, 0.25) is 0 Å². The van der Waals surface area contributed by atoms with Crippen molar-refractivity contribution in [2.75, 3.05) is 0 Å². The molecule has 5 heteroatoms. The van der Waals surface area contributed by atoms with Gasteiger partial charge in [-0.2, -0.15) is 0 Å². The van der Waals surface area contributed by atoms with Crippen LogP contribution in [-0.2, 0) is 4.79 Å². The van der Waals surface area contributed by atoms with Gasteiger partial charge in [-0.15, -0.1) is 0 Å². The molecule has 0 saturated carbocycles. The molecule has 1 amide bonds. The number of amides is 1. The number of hydrogen-bond acceptors (Lipinski definition) is 3. The monoisotopic (exact) mass is 371 g/mol. The van der Waals surface area contributed by atoms with E-state index in [0.29, 0.717) is 18.6 Å². The topological polar surface area (TPSA) is 47.6 Å². The van der Waals surface area contributed by atoms with Gasteiger partial charge in [-0.1, -0.05) is 24.6 Å². The number of nitrogens with one attached hydrogen (secondary N) is 1. The molecule has 144 valence electrons. The maximum absolute atomic E-state index is 13.1. The van der Waals surface area contributed by atoms with E-state index >= 15 is 0 Å². The number of fused-ring (bicyclic) bond motifs is 1. The zero-order chi connectivity index (χ0) is 19.6. The van der Waals surface area contributed by atoms with Crippen LogP contribution >= 0.6 is 0 Å². The molecule has 0 aromatic heterocycles. The van der Waals surface area contributed by atoms with E-state index in [1.54, 1.807) is 0 Å². The number of ether oxygens (including phenoxy) is 2. The molecule has 1 heterocycles. The molecule has 1 aliphatic rings. The number of hydrogen-bond donors (Lipinski definition) is 1. The Morgan fingerprint density at radius 1 is 1.30 bits per heavy atom. The van der Waals surface area contributed by atoms with Crippen molar-refractivity contribution in [3.05, 3.63) is 59.4 Å². The lowest BCUT2D eigenvalue weighted by molar-refractivity contribution is -0.129. The highest BCUT2D eigenvalue weighted by atomic mass is 19.1. The van der Waals surface area contributed by atoms with E-state index in [-0.39, 0.29) is 23.4 Å². The normalized spacial score (nSPS) is 18.8. The second-order valence-electron chi connectivity index (χ2n) is 7.64.